The number of nitrogens with zero attached hydrogens (tertiary/aromatic N) is 3. The van der Waals surface area contributed by atoms with Gasteiger partial charge in [-0.15, -0.1) is 0 Å². The Balaban J connectivity index is 1.18. The van der Waals surface area contributed by atoms with Gasteiger partial charge < -0.3 is 28.5 Å². The monoisotopic (exact) mass is 606 g/mol. The number of amides is 1. The molecule has 10 nitrogen and oxygen atoms in total. The van der Waals surface area contributed by atoms with Crippen molar-refractivity contribution in [2.75, 3.05) is 19.0 Å². The van der Waals surface area contributed by atoms with E-state index in [0.717, 1.165) is 22.8 Å². The molecular formula is C35H34N4O6. The molecule has 0 radical (unpaired) electrons. The molecule has 0 bridgehead atoms. The summed E-state index contributed by atoms with van der Waals surface area (Å²) in [6, 6.07) is 27.3. The van der Waals surface area contributed by atoms with E-state index in [4.69, 9.17) is 13.9 Å². The fourth-order valence-electron chi connectivity index (χ4n) is 4.70. The van der Waals surface area contributed by atoms with Crippen LogP contribution in [0.25, 0.3) is 5.69 Å². The molecule has 0 aliphatic rings. The summed E-state index contributed by atoms with van der Waals surface area (Å²) in [6.07, 6.45) is 1.48. The first kappa shape index (κ1) is 30.7. The molecule has 3 aromatic carbocycles. The number of nitrogens with one attached hydrogen (secondary N) is 1. The number of aromatic carboxylic acids is 1. The van der Waals surface area contributed by atoms with Gasteiger partial charge in [0.05, 0.1) is 11.8 Å². The van der Waals surface area contributed by atoms with Crippen molar-refractivity contribution in [3.63, 3.8) is 0 Å². The molecule has 0 saturated heterocycles. The average molecular weight is 607 g/mol. The van der Waals surface area contributed by atoms with Crippen LogP contribution in [0.15, 0.2) is 101 Å². The fraction of sp³-hybridized carbons (Fsp3) is 0.171. The van der Waals surface area contributed by atoms with Gasteiger partial charge in [-0.1, -0.05) is 12.1 Å². The Bertz CT molecular complexity index is 1820. The number of furan rings is 1. The third-order valence-corrected chi connectivity index (χ3v) is 7.08. The van der Waals surface area contributed by atoms with Gasteiger partial charge in [0, 0.05) is 48.5 Å². The van der Waals surface area contributed by atoms with Crippen molar-refractivity contribution >= 4 is 23.8 Å². The van der Waals surface area contributed by atoms with Crippen LogP contribution in [0.1, 0.15) is 49.2 Å². The zero-order chi connectivity index (χ0) is 31.9. The molecule has 0 saturated carbocycles. The molecule has 0 aliphatic carbocycles. The Hall–Kier alpha value is -5.77. The predicted octanol–water partition coefficient (Wildman–Crippen LogP) is 6.37. The molecule has 0 fully saturated rings. The second-order valence-electron chi connectivity index (χ2n) is 10.6. The molecule has 10 heteroatoms. The number of carboxylic acids is 1. The van der Waals surface area contributed by atoms with Crippen LogP contribution in [0.4, 0.5) is 5.69 Å². The second kappa shape index (κ2) is 13.7. The topological polar surface area (TPSA) is 119 Å². The maximum absolute atomic E-state index is 12.7. The van der Waals surface area contributed by atoms with E-state index in [-0.39, 0.29) is 24.5 Å². The first-order valence-corrected chi connectivity index (χ1v) is 14.2. The van der Waals surface area contributed by atoms with Crippen LogP contribution in [0.3, 0.4) is 0 Å². The highest BCUT2D eigenvalue weighted by molar-refractivity contribution is 5.93. The Kier molecular flexibility index (Phi) is 9.33. The van der Waals surface area contributed by atoms with E-state index in [2.05, 4.69) is 41.1 Å². The fourth-order valence-corrected chi connectivity index (χ4v) is 4.70. The summed E-state index contributed by atoms with van der Waals surface area (Å²) in [5.74, 6) is 0.266. The highest BCUT2D eigenvalue weighted by atomic mass is 16.5. The molecule has 45 heavy (non-hydrogen) atoms. The number of hydrogen-bond donors (Lipinski definition) is 2. The number of aryl methyl sites for hydroxylation is 2. The van der Waals surface area contributed by atoms with E-state index in [1.807, 2.05) is 61.5 Å². The van der Waals surface area contributed by atoms with Crippen molar-refractivity contribution in [2.24, 2.45) is 5.10 Å². The molecule has 5 rings (SSSR count). The molecule has 0 aliphatic heterocycles. The van der Waals surface area contributed by atoms with Crippen LogP contribution < -0.4 is 19.8 Å². The van der Waals surface area contributed by atoms with E-state index in [1.165, 1.54) is 12.3 Å². The molecule has 2 N–H and O–H groups in total. The van der Waals surface area contributed by atoms with E-state index < -0.39 is 11.9 Å². The normalized spacial score (nSPS) is 11.0. The number of rotatable bonds is 12. The number of hydrazone groups is 1. The quantitative estimate of drug-likeness (QED) is 0.125. The van der Waals surface area contributed by atoms with Crippen molar-refractivity contribution in [2.45, 2.75) is 27.1 Å². The minimum Gasteiger partial charge on any atom is -0.488 e. The SMILES string of the molecule is Cc1ccc(C)n1-c1ccc(OCc2ccc(C(=O)N/N=C/c3ccc(N(C)C)cc3OCc3cccc(C(=O)O)c3)o2)cc1. The predicted molar refractivity (Wildman–Crippen MR) is 172 cm³/mol. The van der Waals surface area contributed by atoms with Crippen LogP contribution in [0.5, 0.6) is 11.5 Å². The molecular weight excluding hydrogens is 572 g/mol. The van der Waals surface area contributed by atoms with Crippen LogP contribution in [0, 0.1) is 13.8 Å². The number of aromatic nitrogens is 1. The van der Waals surface area contributed by atoms with Crippen LogP contribution >= 0.6 is 0 Å². The van der Waals surface area contributed by atoms with Crippen LogP contribution in [-0.2, 0) is 13.2 Å². The third-order valence-electron chi connectivity index (χ3n) is 7.08. The molecule has 5 aromatic rings. The zero-order valence-electron chi connectivity index (χ0n) is 25.5. The Morgan fingerprint density at radius 2 is 1.67 bits per heavy atom. The first-order chi connectivity index (χ1) is 21.7. The van der Waals surface area contributed by atoms with Gasteiger partial charge in [0.1, 0.15) is 30.5 Å². The molecule has 0 spiro atoms. The van der Waals surface area contributed by atoms with Gasteiger partial charge in [-0.3, -0.25) is 4.79 Å². The summed E-state index contributed by atoms with van der Waals surface area (Å²) < 4.78 is 19.7. The second-order valence-corrected chi connectivity index (χ2v) is 10.6. The van der Waals surface area contributed by atoms with Gasteiger partial charge in [-0.25, -0.2) is 10.2 Å². The summed E-state index contributed by atoms with van der Waals surface area (Å²) in [5, 5.41) is 13.4. The molecule has 2 heterocycles. The summed E-state index contributed by atoms with van der Waals surface area (Å²) in [6.45, 7) is 4.44. The lowest BCUT2D eigenvalue weighted by molar-refractivity contribution is 0.0696. The van der Waals surface area contributed by atoms with Crippen molar-refractivity contribution in [3.05, 3.63) is 131 Å². The molecule has 0 unspecified atom stereocenters. The van der Waals surface area contributed by atoms with Crippen molar-refractivity contribution in [1.29, 1.82) is 0 Å². The van der Waals surface area contributed by atoms with Gasteiger partial charge in [-0.2, -0.15) is 5.10 Å². The van der Waals surface area contributed by atoms with Crippen molar-refractivity contribution in [3.8, 4) is 17.2 Å². The first-order valence-electron chi connectivity index (χ1n) is 14.2. The zero-order valence-corrected chi connectivity index (χ0v) is 25.5. The van der Waals surface area contributed by atoms with Gasteiger partial charge in [0.15, 0.2) is 5.76 Å². The minimum absolute atomic E-state index is 0.0948. The molecule has 0 atom stereocenters. The van der Waals surface area contributed by atoms with Crippen LogP contribution in [0.2, 0.25) is 0 Å². The van der Waals surface area contributed by atoms with Crippen molar-refractivity contribution in [1.82, 2.24) is 9.99 Å². The maximum atomic E-state index is 12.7. The Morgan fingerprint density at radius 3 is 2.38 bits per heavy atom. The number of ether oxygens (including phenoxy) is 2. The number of carbonyl (C=O) groups excluding carboxylic acids is 1. The number of anilines is 1. The Morgan fingerprint density at radius 1 is 0.911 bits per heavy atom. The van der Waals surface area contributed by atoms with Gasteiger partial charge >= 0.3 is 11.9 Å². The molecule has 2 aromatic heterocycles. The van der Waals surface area contributed by atoms with E-state index in [9.17, 15) is 14.7 Å². The lowest BCUT2D eigenvalue weighted by Crippen LogP contribution is -2.17. The van der Waals surface area contributed by atoms with E-state index >= 15 is 0 Å². The smallest absolute Gasteiger partial charge is 0.335 e. The van der Waals surface area contributed by atoms with Gasteiger partial charge in [0.2, 0.25) is 0 Å². The summed E-state index contributed by atoms with van der Waals surface area (Å²) in [7, 11) is 3.82. The largest absolute Gasteiger partial charge is 0.488 e. The Labute approximate surface area is 261 Å². The summed E-state index contributed by atoms with van der Waals surface area (Å²) >= 11 is 0. The molecule has 230 valence electrons. The number of benzene rings is 3. The third kappa shape index (κ3) is 7.61. The van der Waals surface area contributed by atoms with Gasteiger partial charge in [0.25, 0.3) is 0 Å². The standard InChI is InChI=1S/C35H34N4O6/c1-23-8-9-24(2)39(23)28-12-14-30(15-13-28)43-22-31-16-17-32(45-31)34(40)37-36-20-27-10-11-29(38(3)4)19-33(27)44-21-25-6-5-7-26(18-25)35(41)42/h5-20H,21-22H2,1-4H3,(H,37,40)(H,41,42)/b36-20+. The lowest BCUT2D eigenvalue weighted by Gasteiger charge is -2.16. The number of carbonyl (C=O) groups is 2. The summed E-state index contributed by atoms with van der Waals surface area (Å²) in [4.78, 5) is 26.0. The van der Waals surface area contributed by atoms with Crippen molar-refractivity contribution < 1.29 is 28.6 Å². The van der Waals surface area contributed by atoms with E-state index in [1.54, 1.807) is 30.3 Å². The highest BCUT2D eigenvalue weighted by Crippen LogP contribution is 2.25. The number of carboxylic acid groups (broad SMARTS) is 1. The molecule has 1 amide bonds. The van der Waals surface area contributed by atoms with Gasteiger partial charge in [-0.05, 0) is 92.2 Å². The maximum Gasteiger partial charge on any atom is 0.335 e. The van der Waals surface area contributed by atoms with E-state index in [0.29, 0.717) is 28.4 Å². The number of hydrogen-bond acceptors (Lipinski definition) is 7. The highest BCUT2D eigenvalue weighted by Gasteiger charge is 2.12. The lowest BCUT2D eigenvalue weighted by atomic mass is 10.1. The minimum atomic E-state index is -1.00. The average Bonchev–Trinajstić information content (AvgIpc) is 3.65. The van der Waals surface area contributed by atoms with Crippen LogP contribution in [-0.4, -0.2) is 41.9 Å². The summed E-state index contributed by atoms with van der Waals surface area (Å²) in [5.41, 5.74) is 8.26.